The lowest BCUT2D eigenvalue weighted by Gasteiger charge is -2.35. The quantitative estimate of drug-likeness (QED) is 0.715. The van der Waals surface area contributed by atoms with E-state index in [1.807, 2.05) is 25.3 Å². The molecule has 0 bridgehead atoms. The summed E-state index contributed by atoms with van der Waals surface area (Å²) in [6.07, 6.45) is 7.64. The molecule has 4 rings (SSSR count). The monoisotopic (exact) mass is 468 g/mol. The highest BCUT2D eigenvalue weighted by Crippen LogP contribution is 2.37. The Morgan fingerprint density at radius 2 is 1.91 bits per heavy atom. The molecule has 2 aliphatic rings. The van der Waals surface area contributed by atoms with Crippen molar-refractivity contribution in [2.45, 2.75) is 76.9 Å². The minimum atomic E-state index is -0.463. The van der Waals surface area contributed by atoms with Gasteiger partial charge in [-0.2, -0.15) is 0 Å². The number of ether oxygens (including phenoxy) is 1. The van der Waals surface area contributed by atoms with E-state index in [-0.39, 0.29) is 35.4 Å². The molecule has 5 unspecified atom stereocenters. The van der Waals surface area contributed by atoms with E-state index in [0.717, 1.165) is 60.7 Å². The van der Waals surface area contributed by atoms with Crippen molar-refractivity contribution in [3.63, 3.8) is 0 Å². The lowest BCUT2D eigenvalue weighted by molar-refractivity contribution is -0.130. The van der Waals surface area contributed by atoms with Crippen LogP contribution in [0, 0.1) is 18.8 Å². The van der Waals surface area contributed by atoms with Crippen LogP contribution in [0.5, 0.6) is 0 Å². The van der Waals surface area contributed by atoms with E-state index in [0.29, 0.717) is 12.3 Å². The fourth-order valence-electron chi connectivity index (χ4n) is 5.75. The Balaban J connectivity index is 1.46. The van der Waals surface area contributed by atoms with Crippen molar-refractivity contribution >= 4 is 22.8 Å². The van der Waals surface area contributed by atoms with Gasteiger partial charge in [-0.25, -0.2) is 4.79 Å². The standard InChI is InChI=1S/C26H36N4O4/c1-15-9-10-18(28-26(33)29-24(31)19-7-5-6-8-23(19)34-4)13-20(15)21-12-17-14-27-16(2)11-22(17)30(3)25(21)32/h11-12,14-15,18-20,23H,5-10,13H2,1-4H3,(H2,28,29,31,33). The maximum atomic E-state index is 13.2. The number of hydrogen-bond donors (Lipinski definition) is 2. The zero-order valence-electron chi connectivity index (χ0n) is 20.6. The first kappa shape index (κ1) is 24.4. The van der Waals surface area contributed by atoms with Crippen molar-refractivity contribution in [1.29, 1.82) is 0 Å². The van der Waals surface area contributed by atoms with Crippen molar-refractivity contribution in [3.05, 3.63) is 39.9 Å². The molecular weight excluding hydrogens is 432 g/mol. The van der Waals surface area contributed by atoms with E-state index in [2.05, 4.69) is 22.5 Å². The zero-order chi connectivity index (χ0) is 24.4. The average molecular weight is 469 g/mol. The lowest BCUT2D eigenvalue weighted by Crippen LogP contribution is -2.50. The first-order chi connectivity index (χ1) is 16.3. The number of aryl methyl sites for hydroxylation is 2. The highest BCUT2D eigenvalue weighted by molar-refractivity contribution is 5.95. The van der Waals surface area contributed by atoms with E-state index >= 15 is 0 Å². The molecule has 2 fully saturated rings. The van der Waals surface area contributed by atoms with Gasteiger partial charge in [-0.3, -0.25) is 19.9 Å². The van der Waals surface area contributed by atoms with Gasteiger partial charge in [-0.1, -0.05) is 19.8 Å². The van der Waals surface area contributed by atoms with Gasteiger partial charge in [0.2, 0.25) is 5.91 Å². The summed E-state index contributed by atoms with van der Waals surface area (Å²) in [6, 6.07) is 3.33. The molecule has 2 heterocycles. The number of imide groups is 1. The third-order valence-electron chi connectivity index (χ3n) is 7.78. The molecule has 2 aromatic rings. The van der Waals surface area contributed by atoms with Gasteiger partial charge in [-0.15, -0.1) is 0 Å². The molecule has 0 aliphatic heterocycles. The number of aromatic nitrogens is 2. The number of hydrogen-bond acceptors (Lipinski definition) is 5. The minimum absolute atomic E-state index is 0.00173. The van der Waals surface area contributed by atoms with Gasteiger partial charge in [0.05, 0.1) is 17.5 Å². The number of carbonyl (C=O) groups excluding carboxylic acids is 2. The third-order valence-corrected chi connectivity index (χ3v) is 7.78. The third kappa shape index (κ3) is 5.02. The fraction of sp³-hybridized carbons (Fsp3) is 0.615. The molecule has 0 spiro atoms. The van der Waals surface area contributed by atoms with Crippen molar-refractivity contribution in [3.8, 4) is 0 Å². The molecule has 8 nitrogen and oxygen atoms in total. The summed E-state index contributed by atoms with van der Waals surface area (Å²) in [5.41, 5.74) is 2.50. The lowest BCUT2D eigenvalue weighted by atomic mass is 9.74. The molecule has 5 atom stereocenters. The number of methoxy groups -OCH3 is 1. The van der Waals surface area contributed by atoms with Gasteiger partial charge in [0, 0.05) is 43.0 Å². The molecular formula is C26H36N4O4. The van der Waals surface area contributed by atoms with Crippen molar-refractivity contribution in [1.82, 2.24) is 20.2 Å². The van der Waals surface area contributed by atoms with Gasteiger partial charge >= 0.3 is 6.03 Å². The molecule has 0 saturated heterocycles. The van der Waals surface area contributed by atoms with Crippen LogP contribution in [0.4, 0.5) is 4.79 Å². The molecule has 3 amide bonds. The Hall–Kier alpha value is -2.74. The number of nitrogens with one attached hydrogen (secondary N) is 2. The normalized spacial score (nSPS) is 27.4. The number of pyridine rings is 2. The van der Waals surface area contributed by atoms with Crippen LogP contribution in [0.1, 0.15) is 69.0 Å². The Morgan fingerprint density at radius 1 is 1.15 bits per heavy atom. The van der Waals surface area contributed by atoms with E-state index in [4.69, 9.17) is 4.74 Å². The van der Waals surface area contributed by atoms with Crippen molar-refractivity contribution < 1.29 is 14.3 Å². The van der Waals surface area contributed by atoms with E-state index in [9.17, 15) is 14.4 Å². The van der Waals surface area contributed by atoms with Crippen LogP contribution in [-0.4, -0.2) is 40.7 Å². The first-order valence-corrected chi connectivity index (χ1v) is 12.4. The van der Waals surface area contributed by atoms with Gasteiger partial charge in [0.15, 0.2) is 0 Å². The van der Waals surface area contributed by atoms with Crippen LogP contribution < -0.4 is 16.2 Å². The van der Waals surface area contributed by atoms with Crippen molar-refractivity contribution in [2.24, 2.45) is 18.9 Å². The second kappa shape index (κ2) is 10.3. The molecule has 2 N–H and O–H groups in total. The van der Waals surface area contributed by atoms with Crippen LogP contribution in [-0.2, 0) is 16.6 Å². The molecule has 2 aliphatic carbocycles. The summed E-state index contributed by atoms with van der Waals surface area (Å²) >= 11 is 0. The Bertz CT molecular complexity index is 1130. The predicted molar refractivity (Wildman–Crippen MR) is 131 cm³/mol. The summed E-state index contributed by atoms with van der Waals surface area (Å²) in [5.74, 6) is -0.219. The topological polar surface area (TPSA) is 102 Å². The van der Waals surface area contributed by atoms with Gasteiger partial charge in [0.25, 0.3) is 5.56 Å². The predicted octanol–water partition coefficient (Wildman–Crippen LogP) is 3.55. The average Bonchev–Trinajstić information content (AvgIpc) is 2.83. The second-order valence-electron chi connectivity index (χ2n) is 10.1. The van der Waals surface area contributed by atoms with E-state index < -0.39 is 6.03 Å². The Morgan fingerprint density at radius 3 is 2.68 bits per heavy atom. The molecule has 2 saturated carbocycles. The van der Waals surface area contributed by atoms with Gasteiger partial charge in [0.1, 0.15) is 0 Å². The van der Waals surface area contributed by atoms with Gasteiger partial charge in [-0.05, 0) is 63.0 Å². The highest BCUT2D eigenvalue weighted by Gasteiger charge is 2.34. The maximum Gasteiger partial charge on any atom is 0.321 e. The first-order valence-electron chi connectivity index (χ1n) is 12.4. The maximum absolute atomic E-state index is 13.2. The molecule has 0 radical (unpaired) electrons. The van der Waals surface area contributed by atoms with Crippen LogP contribution in [0.3, 0.4) is 0 Å². The minimum Gasteiger partial charge on any atom is -0.381 e. The van der Waals surface area contributed by atoms with Crippen LogP contribution in [0.25, 0.3) is 10.9 Å². The Kier molecular flexibility index (Phi) is 7.36. The Labute approximate surface area is 200 Å². The van der Waals surface area contributed by atoms with Gasteiger partial charge < -0.3 is 14.6 Å². The van der Waals surface area contributed by atoms with E-state index in [1.54, 1.807) is 18.7 Å². The number of amides is 3. The molecule has 8 heteroatoms. The van der Waals surface area contributed by atoms with Crippen LogP contribution >= 0.6 is 0 Å². The summed E-state index contributed by atoms with van der Waals surface area (Å²) in [7, 11) is 3.42. The fourth-order valence-corrected chi connectivity index (χ4v) is 5.75. The van der Waals surface area contributed by atoms with E-state index in [1.165, 1.54) is 0 Å². The summed E-state index contributed by atoms with van der Waals surface area (Å²) in [6.45, 7) is 4.08. The number of rotatable bonds is 4. The summed E-state index contributed by atoms with van der Waals surface area (Å²) in [4.78, 5) is 43.0. The number of carbonyl (C=O) groups is 2. The molecule has 34 heavy (non-hydrogen) atoms. The largest absolute Gasteiger partial charge is 0.381 e. The molecule has 2 aromatic heterocycles. The van der Waals surface area contributed by atoms with Crippen molar-refractivity contribution in [2.75, 3.05) is 7.11 Å². The second-order valence-corrected chi connectivity index (χ2v) is 10.1. The number of nitrogens with zero attached hydrogens (tertiary/aromatic N) is 2. The highest BCUT2D eigenvalue weighted by atomic mass is 16.5. The number of fused-ring (bicyclic) bond motifs is 1. The van der Waals surface area contributed by atoms with Crippen LogP contribution in [0.15, 0.2) is 23.1 Å². The number of urea groups is 1. The van der Waals surface area contributed by atoms with Crippen LogP contribution in [0.2, 0.25) is 0 Å². The smallest absolute Gasteiger partial charge is 0.321 e. The SMILES string of the molecule is COC1CCCCC1C(=O)NC(=O)NC1CCC(C)C(c2cc3cnc(C)cc3n(C)c2=O)C1. The molecule has 184 valence electrons. The summed E-state index contributed by atoms with van der Waals surface area (Å²) < 4.78 is 7.16. The zero-order valence-corrected chi connectivity index (χ0v) is 20.6. The summed E-state index contributed by atoms with van der Waals surface area (Å²) in [5, 5.41) is 6.46. The molecule has 0 aromatic carbocycles.